The van der Waals surface area contributed by atoms with Gasteiger partial charge in [0.2, 0.25) is 0 Å². The van der Waals surface area contributed by atoms with E-state index >= 15 is 0 Å². The fourth-order valence-corrected chi connectivity index (χ4v) is 6.71. The first-order chi connectivity index (χ1) is 17.2. The van der Waals surface area contributed by atoms with Crippen LogP contribution in [0.4, 0.5) is 0 Å². The van der Waals surface area contributed by atoms with Crippen molar-refractivity contribution in [3.8, 4) is 22.3 Å². The Hall–Kier alpha value is -3.12. The van der Waals surface area contributed by atoms with Crippen LogP contribution in [0.3, 0.4) is 0 Å². The molecule has 3 aliphatic rings. The van der Waals surface area contributed by atoms with Gasteiger partial charge in [0.05, 0.1) is 0 Å². The maximum Gasteiger partial charge on any atom is 0.00586 e. The lowest BCUT2D eigenvalue weighted by atomic mass is 9.78. The van der Waals surface area contributed by atoms with Crippen LogP contribution in [0.15, 0.2) is 78.9 Å². The van der Waals surface area contributed by atoms with E-state index in [1.165, 1.54) is 58.2 Å². The zero-order chi connectivity index (χ0) is 23.9. The Kier molecular flexibility index (Phi) is 5.85. The van der Waals surface area contributed by atoms with Crippen molar-refractivity contribution in [3.63, 3.8) is 0 Å². The Bertz CT molecular complexity index is 1360. The lowest BCUT2D eigenvalue weighted by Crippen LogP contribution is -2.12. The molecule has 0 heteroatoms. The van der Waals surface area contributed by atoms with E-state index in [4.69, 9.17) is 0 Å². The van der Waals surface area contributed by atoms with Crippen LogP contribution >= 0.6 is 0 Å². The molecule has 0 radical (unpaired) electrons. The summed E-state index contributed by atoms with van der Waals surface area (Å²) in [4.78, 5) is 0. The SMILES string of the molecule is CCCCCc1c(-c2ccccc2)cc(C)c2c1-c1ccc(C3C=CC=CC3)c3c1C2=CC(C)C3. The van der Waals surface area contributed by atoms with Gasteiger partial charge in [0.1, 0.15) is 0 Å². The molecule has 176 valence electrons. The summed E-state index contributed by atoms with van der Waals surface area (Å²) in [5.41, 5.74) is 16.5. The highest BCUT2D eigenvalue weighted by Gasteiger charge is 2.35. The van der Waals surface area contributed by atoms with Crippen molar-refractivity contribution in [3.05, 3.63) is 112 Å². The standard InChI is InChI=1S/C35H36/c1-4-5-8-17-28-30(26-15-11-7-12-16-26)22-24(3)33-32-21-23(2)20-31-27(25-13-9-6-10-14-25)18-19-29(34(31)32)35(28)33/h6-7,9-13,15-16,18-19,21-23,25H,4-5,8,14,17,20H2,1-3H3. The Morgan fingerprint density at radius 2 is 1.74 bits per heavy atom. The van der Waals surface area contributed by atoms with Crippen LogP contribution in [0.1, 0.15) is 78.8 Å². The lowest BCUT2D eigenvalue weighted by Gasteiger charge is -2.26. The van der Waals surface area contributed by atoms with E-state index in [2.05, 4.69) is 99.7 Å². The molecule has 0 bridgehead atoms. The summed E-state index contributed by atoms with van der Waals surface area (Å²) in [5.74, 6) is 1.07. The number of hydrogen-bond donors (Lipinski definition) is 0. The van der Waals surface area contributed by atoms with Gasteiger partial charge in [-0.25, -0.2) is 0 Å². The highest BCUT2D eigenvalue weighted by atomic mass is 14.4. The van der Waals surface area contributed by atoms with E-state index in [0.29, 0.717) is 11.8 Å². The minimum absolute atomic E-state index is 0.501. The van der Waals surface area contributed by atoms with Crippen LogP contribution in [-0.2, 0) is 12.8 Å². The first-order valence-corrected chi connectivity index (χ1v) is 13.6. The van der Waals surface area contributed by atoms with Gasteiger partial charge in [-0.2, -0.15) is 0 Å². The van der Waals surface area contributed by atoms with Crippen molar-refractivity contribution in [2.75, 3.05) is 0 Å². The van der Waals surface area contributed by atoms with E-state index in [1.54, 1.807) is 22.3 Å². The zero-order valence-electron chi connectivity index (χ0n) is 21.4. The summed E-state index contributed by atoms with van der Waals surface area (Å²) < 4.78 is 0. The lowest BCUT2D eigenvalue weighted by molar-refractivity contribution is 0.698. The van der Waals surface area contributed by atoms with Crippen LogP contribution in [0.2, 0.25) is 0 Å². The highest BCUT2D eigenvalue weighted by Crippen LogP contribution is 2.54. The summed E-state index contributed by atoms with van der Waals surface area (Å²) in [6.07, 6.45) is 18.9. The molecule has 3 aromatic carbocycles. The molecule has 0 spiro atoms. The third kappa shape index (κ3) is 3.75. The summed E-state index contributed by atoms with van der Waals surface area (Å²) in [7, 11) is 0. The van der Waals surface area contributed by atoms with Crippen molar-refractivity contribution in [2.45, 2.75) is 65.2 Å². The molecule has 3 aliphatic carbocycles. The van der Waals surface area contributed by atoms with Crippen LogP contribution in [0.25, 0.3) is 27.8 Å². The molecule has 0 heterocycles. The summed E-state index contributed by atoms with van der Waals surface area (Å²) >= 11 is 0. The Morgan fingerprint density at radius 3 is 2.51 bits per heavy atom. The van der Waals surface area contributed by atoms with Crippen molar-refractivity contribution in [2.24, 2.45) is 5.92 Å². The molecule has 0 fully saturated rings. The number of rotatable bonds is 6. The van der Waals surface area contributed by atoms with Crippen LogP contribution in [0.5, 0.6) is 0 Å². The van der Waals surface area contributed by atoms with Crippen molar-refractivity contribution in [1.29, 1.82) is 0 Å². The smallest absolute Gasteiger partial charge is 0.00586 e. The highest BCUT2D eigenvalue weighted by molar-refractivity contribution is 6.06. The predicted octanol–water partition coefficient (Wildman–Crippen LogP) is 9.60. The molecule has 6 rings (SSSR count). The van der Waals surface area contributed by atoms with Gasteiger partial charge in [0.15, 0.2) is 0 Å². The monoisotopic (exact) mass is 456 g/mol. The average molecular weight is 457 g/mol. The fourth-order valence-electron chi connectivity index (χ4n) is 6.71. The molecule has 0 aromatic heterocycles. The van der Waals surface area contributed by atoms with Gasteiger partial charge in [-0.15, -0.1) is 0 Å². The zero-order valence-corrected chi connectivity index (χ0v) is 21.4. The van der Waals surface area contributed by atoms with Gasteiger partial charge in [-0.05, 0) is 99.7 Å². The third-order valence-electron chi connectivity index (χ3n) is 8.26. The molecular weight excluding hydrogens is 420 g/mol. The summed E-state index contributed by atoms with van der Waals surface area (Å²) in [6.45, 7) is 7.04. The molecule has 0 nitrogen and oxygen atoms in total. The number of hydrogen-bond acceptors (Lipinski definition) is 0. The van der Waals surface area contributed by atoms with E-state index in [-0.39, 0.29) is 0 Å². The molecule has 2 atom stereocenters. The number of fused-ring (bicyclic) bond motifs is 3. The largest absolute Gasteiger partial charge is 0.0836 e. The van der Waals surface area contributed by atoms with Gasteiger partial charge in [0.25, 0.3) is 0 Å². The second-order valence-electron chi connectivity index (χ2n) is 10.8. The minimum Gasteiger partial charge on any atom is -0.0836 e. The molecule has 35 heavy (non-hydrogen) atoms. The van der Waals surface area contributed by atoms with E-state index < -0.39 is 0 Å². The second kappa shape index (κ2) is 9.15. The molecule has 0 saturated carbocycles. The number of aryl methyl sites for hydroxylation is 1. The van der Waals surface area contributed by atoms with Crippen LogP contribution in [-0.4, -0.2) is 0 Å². The van der Waals surface area contributed by atoms with Crippen molar-refractivity contribution in [1.82, 2.24) is 0 Å². The van der Waals surface area contributed by atoms with Gasteiger partial charge >= 0.3 is 0 Å². The van der Waals surface area contributed by atoms with Gasteiger partial charge in [-0.1, -0.05) is 106 Å². The molecular formula is C35H36. The van der Waals surface area contributed by atoms with Crippen molar-refractivity contribution < 1.29 is 0 Å². The van der Waals surface area contributed by atoms with E-state index in [1.807, 2.05) is 0 Å². The van der Waals surface area contributed by atoms with Gasteiger partial charge in [-0.3, -0.25) is 0 Å². The summed E-state index contributed by atoms with van der Waals surface area (Å²) in [5, 5.41) is 0. The van der Waals surface area contributed by atoms with Crippen molar-refractivity contribution >= 4 is 5.57 Å². The number of benzene rings is 3. The molecule has 2 unspecified atom stereocenters. The normalized spacial score (nSPS) is 19.5. The molecule has 3 aromatic rings. The predicted molar refractivity (Wildman–Crippen MR) is 151 cm³/mol. The maximum atomic E-state index is 2.57. The first kappa shape index (κ1) is 22.4. The van der Waals surface area contributed by atoms with E-state index in [0.717, 1.165) is 19.3 Å². The second-order valence-corrected chi connectivity index (χ2v) is 10.8. The molecule has 0 amide bonds. The minimum atomic E-state index is 0.501. The molecule has 0 aliphatic heterocycles. The Labute approximate surface area is 211 Å². The summed E-state index contributed by atoms with van der Waals surface area (Å²) in [6, 6.07) is 18.5. The van der Waals surface area contributed by atoms with Crippen LogP contribution in [0, 0.1) is 12.8 Å². The first-order valence-electron chi connectivity index (χ1n) is 13.6. The van der Waals surface area contributed by atoms with Crippen LogP contribution < -0.4 is 0 Å². The number of allylic oxidation sites excluding steroid dienone is 5. The van der Waals surface area contributed by atoms with Gasteiger partial charge < -0.3 is 0 Å². The number of unbranched alkanes of at least 4 members (excludes halogenated alkanes) is 2. The average Bonchev–Trinajstić information content (AvgIpc) is 3.22. The Morgan fingerprint density at radius 1 is 0.886 bits per heavy atom. The van der Waals surface area contributed by atoms with E-state index in [9.17, 15) is 0 Å². The fraction of sp³-hybridized carbons (Fsp3) is 0.314. The Balaban J connectivity index is 1.61. The topological polar surface area (TPSA) is 0 Å². The third-order valence-corrected chi connectivity index (χ3v) is 8.26. The quantitative estimate of drug-likeness (QED) is 0.253. The molecule has 0 N–H and O–H groups in total. The van der Waals surface area contributed by atoms with Gasteiger partial charge in [0, 0.05) is 5.92 Å². The maximum absolute atomic E-state index is 2.57. The molecule has 0 saturated heterocycles.